The molecule has 1 aliphatic heterocycles. The SMILES string of the molecule is CC(=O)O[C@H]1[C@@H](OCc2ccccc2)[C@H](OCc2ccccc2)[C@@H](OC(=O)n2ccnc2)O[C@H]1C. The van der Waals surface area contributed by atoms with E-state index >= 15 is 0 Å². The normalized spacial score (nSPS) is 24.0. The Kier molecular flexibility index (Phi) is 8.25. The summed E-state index contributed by atoms with van der Waals surface area (Å²) in [5.74, 6) is -0.477. The molecular weight excluding hydrogens is 452 g/mol. The molecule has 5 atom stereocenters. The van der Waals surface area contributed by atoms with Crippen LogP contribution in [0, 0.1) is 0 Å². The van der Waals surface area contributed by atoms with Gasteiger partial charge in [-0.05, 0) is 18.1 Å². The van der Waals surface area contributed by atoms with Crippen LogP contribution < -0.4 is 0 Å². The van der Waals surface area contributed by atoms with E-state index in [2.05, 4.69) is 4.98 Å². The second-order valence-electron chi connectivity index (χ2n) is 8.16. The van der Waals surface area contributed by atoms with Crippen molar-refractivity contribution < 1.29 is 33.3 Å². The zero-order valence-corrected chi connectivity index (χ0v) is 19.6. The van der Waals surface area contributed by atoms with Crippen LogP contribution in [-0.4, -0.2) is 52.3 Å². The van der Waals surface area contributed by atoms with Crippen LogP contribution in [0.5, 0.6) is 0 Å². The molecule has 2 heterocycles. The van der Waals surface area contributed by atoms with Gasteiger partial charge in [0.2, 0.25) is 6.29 Å². The summed E-state index contributed by atoms with van der Waals surface area (Å²) in [5, 5.41) is 0. The van der Waals surface area contributed by atoms with Crippen LogP contribution in [0.3, 0.4) is 0 Å². The highest BCUT2D eigenvalue weighted by molar-refractivity contribution is 5.70. The van der Waals surface area contributed by atoms with E-state index in [1.165, 1.54) is 30.2 Å². The number of hydrogen-bond acceptors (Lipinski definition) is 8. The van der Waals surface area contributed by atoms with Crippen molar-refractivity contribution in [2.24, 2.45) is 0 Å². The highest BCUT2D eigenvalue weighted by Gasteiger charge is 2.49. The number of nitrogens with zero attached hydrogens (tertiary/aromatic N) is 2. The molecule has 0 spiro atoms. The van der Waals surface area contributed by atoms with Gasteiger partial charge in [-0.15, -0.1) is 0 Å². The van der Waals surface area contributed by atoms with E-state index in [4.69, 9.17) is 23.7 Å². The number of imidazole rings is 1. The second kappa shape index (κ2) is 11.7. The van der Waals surface area contributed by atoms with E-state index in [9.17, 15) is 9.59 Å². The Morgan fingerprint density at radius 3 is 2.03 bits per heavy atom. The molecule has 9 heteroatoms. The van der Waals surface area contributed by atoms with Crippen molar-refractivity contribution in [2.75, 3.05) is 0 Å². The lowest BCUT2D eigenvalue weighted by Crippen LogP contribution is -2.60. The van der Waals surface area contributed by atoms with Crippen molar-refractivity contribution >= 4 is 12.1 Å². The fourth-order valence-electron chi connectivity index (χ4n) is 3.85. The number of ether oxygens (including phenoxy) is 5. The van der Waals surface area contributed by atoms with Gasteiger partial charge in [0, 0.05) is 19.3 Å². The van der Waals surface area contributed by atoms with Gasteiger partial charge in [0.15, 0.2) is 12.2 Å². The molecule has 1 aromatic heterocycles. The summed E-state index contributed by atoms with van der Waals surface area (Å²) in [6, 6.07) is 19.2. The summed E-state index contributed by atoms with van der Waals surface area (Å²) < 4.78 is 30.9. The molecule has 1 fully saturated rings. The first-order chi connectivity index (χ1) is 17.0. The molecule has 0 N–H and O–H groups in total. The lowest BCUT2D eigenvalue weighted by molar-refractivity contribution is -0.300. The first-order valence-corrected chi connectivity index (χ1v) is 11.3. The maximum absolute atomic E-state index is 12.7. The Balaban J connectivity index is 1.60. The fourth-order valence-corrected chi connectivity index (χ4v) is 3.85. The third-order valence-corrected chi connectivity index (χ3v) is 5.53. The Hall–Kier alpha value is -3.53. The topological polar surface area (TPSA) is 98.1 Å². The van der Waals surface area contributed by atoms with Crippen molar-refractivity contribution in [3.05, 3.63) is 90.5 Å². The average Bonchev–Trinajstić information content (AvgIpc) is 3.40. The monoisotopic (exact) mass is 480 g/mol. The zero-order chi connectivity index (χ0) is 24.6. The van der Waals surface area contributed by atoms with E-state index in [-0.39, 0.29) is 13.2 Å². The first kappa shape index (κ1) is 24.6. The quantitative estimate of drug-likeness (QED) is 0.450. The number of benzene rings is 2. The van der Waals surface area contributed by atoms with Crippen LogP contribution in [-0.2, 0) is 41.7 Å². The van der Waals surface area contributed by atoms with Gasteiger partial charge in [-0.1, -0.05) is 60.7 Å². The number of carbonyl (C=O) groups is 2. The molecule has 0 radical (unpaired) electrons. The third kappa shape index (κ3) is 6.54. The Morgan fingerprint density at radius 2 is 1.49 bits per heavy atom. The summed E-state index contributed by atoms with van der Waals surface area (Å²) in [5.41, 5.74) is 1.85. The number of carbonyl (C=O) groups excluding carboxylic acids is 2. The lowest BCUT2D eigenvalue weighted by Gasteiger charge is -2.44. The molecule has 2 aromatic carbocycles. The van der Waals surface area contributed by atoms with E-state index in [1.54, 1.807) is 6.92 Å². The van der Waals surface area contributed by atoms with Crippen LogP contribution in [0.25, 0.3) is 0 Å². The van der Waals surface area contributed by atoms with Crippen LogP contribution in [0.15, 0.2) is 79.4 Å². The number of rotatable bonds is 8. The maximum atomic E-state index is 12.7. The number of hydrogen-bond donors (Lipinski definition) is 0. The summed E-state index contributed by atoms with van der Waals surface area (Å²) in [7, 11) is 0. The highest BCUT2D eigenvalue weighted by Crippen LogP contribution is 2.30. The molecule has 9 nitrogen and oxygen atoms in total. The maximum Gasteiger partial charge on any atom is 0.421 e. The predicted octanol–water partition coefficient (Wildman–Crippen LogP) is 3.72. The lowest BCUT2D eigenvalue weighted by atomic mass is 9.98. The average molecular weight is 481 g/mol. The molecule has 0 unspecified atom stereocenters. The molecule has 35 heavy (non-hydrogen) atoms. The first-order valence-electron chi connectivity index (χ1n) is 11.3. The van der Waals surface area contributed by atoms with Crippen molar-refractivity contribution in [3.8, 4) is 0 Å². The molecule has 4 rings (SSSR count). The predicted molar refractivity (Wildman–Crippen MR) is 124 cm³/mol. The third-order valence-electron chi connectivity index (χ3n) is 5.53. The van der Waals surface area contributed by atoms with Crippen LogP contribution >= 0.6 is 0 Å². The number of aromatic nitrogens is 2. The molecule has 0 aliphatic carbocycles. The highest BCUT2D eigenvalue weighted by atomic mass is 16.7. The molecular formula is C26H28N2O7. The minimum Gasteiger partial charge on any atom is -0.457 e. The van der Waals surface area contributed by atoms with Crippen molar-refractivity contribution in [3.63, 3.8) is 0 Å². The zero-order valence-electron chi connectivity index (χ0n) is 19.6. The van der Waals surface area contributed by atoms with Gasteiger partial charge < -0.3 is 23.7 Å². The standard InChI is InChI=1S/C26H28N2O7/c1-18-22(34-19(2)29)23(31-15-20-9-5-3-6-10-20)24(32-16-21-11-7-4-8-12-21)25(33-18)35-26(30)28-14-13-27-17-28/h3-14,17-18,22-25H,15-16H2,1-2H3/t18-,22+,23+,24-,25+/m0/s1. The van der Waals surface area contributed by atoms with Gasteiger partial charge in [-0.3, -0.25) is 4.79 Å². The largest absolute Gasteiger partial charge is 0.457 e. The minimum atomic E-state index is -1.11. The second-order valence-corrected chi connectivity index (χ2v) is 8.16. The summed E-state index contributed by atoms with van der Waals surface area (Å²) >= 11 is 0. The molecule has 0 amide bonds. The van der Waals surface area contributed by atoms with E-state index in [0.717, 1.165) is 11.1 Å². The summed E-state index contributed by atoms with van der Waals surface area (Å²) in [6.07, 6.45) is -0.579. The van der Waals surface area contributed by atoms with Crippen LogP contribution in [0.4, 0.5) is 4.79 Å². The van der Waals surface area contributed by atoms with Gasteiger partial charge >= 0.3 is 12.1 Å². The summed E-state index contributed by atoms with van der Waals surface area (Å²) in [4.78, 5) is 28.5. The van der Waals surface area contributed by atoms with E-state index in [0.29, 0.717) is 0 Å². The van der Waals surface area contributed by atoms with Crippen molar-refractivity contribution in [2.45, 2.75) is 57.8 Å². The van der Waals surface area contributed by atoms with Crippen molar-refractivity contribution in [1.29, 1.82) is 0 Å². The Morgan fingerprint density at radius 1 is 0.886 bits per heavy atom. The fraction of sp³-hybridized carbons (Fsp3) is 0.346. The minimum absolute atomic E-state index is 0.209. The van der Waals surface area contributed by atoms with Crippen LogP contribution in [0.1, 0.15) is 25.0 Å². The van der Waals surface area contributed by atoms with E-state index in [1.807, 2.05) is 60.7 Å². The Bertz CT molecular complexity index is 1080. The van der Waals surface area contributed by atoms with E-state index < -0.39 is 42.8 Å². The van der Waals surface area contributed by atoms with Gasteiger partial charge in [-0.2, -0.15) is 0 Å². The molecule has 1 aliphatic rings. The molecule has 3 aromatic rings. The molecule has 0 bridgehead atoms. The van der Waals surface area contributed by atoms with Gasteiger partial charge in [0.05, 0.1) is 19.3 Å². The summed E-state index contributed by atoms with van der Waals surface area (Å²) in [6.45, 7) is 3.51. The Labute approximate surface area is 203 Å². The van der Waals surface area contributed by atoms with Gasteiger partial charge in [-0.25, -0.2) is 14.3 Å². The molecule has 1 saturated heterocycles. The van der Waals surface area contributed by atoms with Crippen LogP contribution in [0.2, 0.25) is 0 Å². The van der Waals surface area contributed by atoms with Crippen molar-refractivity contribution in [1.82, 2.24) is 9.55 Å². The molecule has 184 valence electrons. The smallest absolute Gasteiger partial charge is 0.421 e. The number of esters is 1. The van der Waals surface area contributed by atoms with Gasteiger partial charge in [0.1, 0.15) is 12.4 Å². The van der Waals surface area contributed by atoms with Gasteiger partial charge in [0.25, 0.3) is 0 Å². The molecule has 0 saturated carbocycles.